The number of carbonyl (C=O) groups is 3. The van der Waals surface area contributed by atoms with Crippen molar-refractivity contribution in [3.63, 3.8) is 0 Å². The number of fused-ring (bicyclic) bond motifs is 1. The lowest BCUT2D eigenvalue weighted by Gasteiger charge is -2.37. The second-order valence-corrected chi connectivity index (χ2v) is 11.3. The molecule has 4 rings (SSSR count). The Kier molecular flexibility index (Phi) is 8.75. The molecule has 3 heterocycles. The van der Waals surface area contributed by atoms with Crippen LogP contribution in [-0.2, 0) is 19.1 Å². The summed E-state index contributed by atoms with van der Waals surface area (Å²) >= 11 is 0. The van der Waals surface area contributed by atoms with E-state index in [9.17, 15) is 19.5 Å². The minimum Gasteiger partial charge on any atom is -0.396 e. The van der Waals surface area contributed by atoms with E-state index < -0.39 is 29.1 Å². The summed E-state index contributed by atoms with van der Waals surface area (Å²) in [5.74, 6) is -2.16. The van der Waals surface area contributed by atoms with Crippen molar-refractivity contribution in [2.24, 2.45) is 11.8 Å². The fourth-order valence-corrected chi connectivity index (χ4v) is 7.12. The summed E-state index contributed by atoms with van der Waals surface area (Å²) in [4.78, 5) is 49.4. The third kappa shape index (κ3) is 4.73. The normalized spacial score (nSPS) is 28.4. The Balaban J connectivity index is 1.75. The van der Waals surface area contributed by atoms with Gasteiger partial charge in [-0.25, -0.2) is 0 Å². The lowest BCUT2D eigenvalue weighted by atomic mass is 9.66. The zero-order chi connectivity index (χ0) is 29.2. The molecule has 1 spiro atoms. The molecule has 3 amide bonds. The number of hydrogen-bond acceptors (Lipinski definition) is 6. The smallest absolute Gasteiger partial charge is 0.253 e. The van der Waals surface area contributed by atoms with Crippen LogP contribution in [0.3, 0.4) is 0 Å². The molecule has 0 aromatic heterocycles. The van der Waals surface area contributed by atoms with E-state index in [1.807, 2.05) is 31.2 Å². The summed E-state index contributed by atoms with van der Waals surface area (Å²) in [6.45, 7) is 16.2. The average molecular weight is 553 g/mol. The summed E-state index contributed by atoms with van der Waals surface area (Å²) in [7, 11) is 1.70. The van der Waals surface area contributed by atoms with E-state index in [0.29, 0.717) is 31.5 Å². The Bertz CT molecular complexity index is 1140. The van der Waals surface area contributed by atoms with E-state index in [1.54, 1.807) is 33.9 Å². The molecule has 2 unspecified atom stereocenters. The summed E-state index contributed by atoms with van der Waals surface area (Å²) in [5.41, 5.74) is -0.195. The molecule has 3 aliphatic heterocycles. The molecule has 0 aliphatic carbocycles. The molecular formula is C31H44N4O5. The summed E-state index contributed by atoms with van der Waals surface area (Å²) < 4.78 is 6.71. The van der Waals surface area contributed by atoms with Crippen LogP contribution in [0.5, 0.6) is 0 Å². The summed E-state index contributed by atoms with van der Waals surface area (Å²) in [5, 5.41) is 9.61. The van der Waals surface area contributed by atoms with Crippen molar-refractivity contribution >= 4 is 29.1 Å². The lowest BCUT2D eigenvalue weighted by Crippen LogP contribution is -2.56. The molecule has 1 aromatic rings. The van der Waals surface area contributed by atoms with Gasteiger partial charge in [-0.2, -0.15) is 0 Å². The molecule has 0 radical (unpaired) electrons. The first-order chi connectivity index (χ1) is 19.1. The zero-order valence-corrected chi connectivity index (χ0v) is 24.3. The number of carbonyl (C=O) groups excluding carboxylic acids is 3. The summed E-state index contributed by atoms with van der Waals surface area (Å²) in [6.07, 6.45) is 4.73. The second kappa shape index (κ2) is 11.7. The van der Waals surface area contributed by atoms with Crippen LogP contribution in [-0.4, -0.2) is 96.3 Å². The van der Waals surface area contributed by atoms with Gasteiger partial charge in [-0.1, -0.05) is 12.2 Å². The maximum absolute atomic E-state index is 14.6. The van der Waals surface area contributed by atoms with Crippen molar-refractivity contribution in [1.82, 2.24) is 9.80 Å². The first-order valence-electron chi connectivity index (χ1n) is 14.4. The molecule has 218 valence electrons. The zero-order valence-electron chi connectivity index (χ0n) is 24.3. The Morgan fingerprint density at radius 1 is 1.07 bits per heavy atom. The minimum atomic E-state index is -1.12. The van der Waals surface area contributed by atoms with Gasteiger partial charge in [0.05, 0.1) is 17.4 Å². The molecule has 40 heavy (non-hydrogen) atoms. The van der Waals surface area contributed by atoms with Gasteiger partial charge in [0.15, 0.2) is 0 Å². The van der Waals surface area contributed by atoms with E-state index in [1.165, 1.54) is 0 Å². The van der Waals surface area contributed by atoms with Crippen LogP contribution in [0.15, 0.2) is 49.6 Å². The number of rotatable bonds is 13. The van der Waals surface area contributed by atoms with Gasteiger partial charge >= 0.3 is 0 Å². The van der Waals surface area contributed by atoms with Gasteiger partial charge in [0, 0.05) is 57.8 Å². The molecule has 0 saturated carbocycles. The van der Waals surface area contributed by atoms with Crippen molar-refractivity contribution in [3.8, 4) is 0 Å². The standard InChI is InChI=1S/C31H44N4O5/c1-7-18-32(6)27(37)24-25-28(38)35(20-11-21-36)26(31(25)17-16-30(24,5)40-31)29(39)34(19-8-2)23-14-12-22(13-15-23)33(9-3)10-4/h7-8,12-15,24-26,36H,1-2,9-11,16-21H2,3-6H3/t24-,25+,26?,30+,31?/m1/s1. The van der Waals surface area contributed by atoms with Crippen LogP contribution in [0.1, 0.15) is 40.0 Å². The van der Waals surface area contributed by atoms with E-state index in [2.05, 4.69) is 31.9 Å². The number of likely N-dealkylation sites (N-methyl/N-ethyl adjacent to an activating group) is 1. The number of aliphatic hydroxyl groups is 1. The van der Waals surface area contributed by atoms with Crippen molar-refractivity contribution in [1.29, 1.82) is 0 Å². The number of nitrogens with zero attached hydrogens (tertiary/aromatic N) is 4. The highest BCUT2D eigenvalue weighted by Gasteiger charge is 2.78. The quantitative estimate of drug-likeness (QED) is 0.379. The predicted molar refractivity (Wildman–Crippen MR) is 156 cm³/mol. The first-order valence-corrected chi connectivity index (χ1v) is 14.4. The van der Waals surface area contributed by atoms with Gasteiger partial charge in [-0.15, -0.1) is 13.2 Å². The highest BCUT2D eigenvalue weighted by Crippen LogP contribution is 2.63. The van der Waals surface area contributed by atoms with Gasteiger partial charge in [0.2, 0.25) is 11.8 Å². The monoisotopic (exact) mass is 552 g/mol. The molecular weight excluding hydrogens is 508 g/mol. The van der Waals surface area contributed by atoms with Crippen molar-refractivity contribution < 1.29 is 24.2 Å². The first kappa shape index (κ1) is 29.8. The number of ether oxygens (including phenoxy) is 1. The van der Waals surface area contributed by atoms with E-state index >= 15 is 0 Å². The molecule has 3 fully saturated rings. The largest absolute Gasteiger partial charge is 0.396 e. The highest BCUT2D eigenvalue weighted by atomic mass is 16.5. The number of anilines is 2. The van der Waals surface area contributed by atoms with Crippen LogP contribution in [0, 0.1) is 11.8 Å². The number of likely N-dealkylation sites (tertiary alicyclic amines) is 1. The van der Waals surface area contributed by atoms with E-state index in [4.69, 9.17) is 4.74 Å². The molecule has 9 nitrogen and oxygen atoms in total. The topological polar surface area (TPSA) is 93.6 Å². The van der Waals surface area contributed by atoms with Crippen LogP contribution in [0.25, 0.3) is 0 Å². The highest BCUT2D eigenvalue weighted by molar-refractivity contribution is 6.05. The maximum atomic E-state index is 14.6. The summed E-state index contributed by atoms with van der Waals surface area (Å²) in [6, 6.07) is 6.93. The fourth-order valence-electron chi connectivity index (χ4n) is 7.12. The molecule has 3 saturated heterocycles. The SMILES string of the molecule is C=CCN(C)C(=O)[C@H]1[C@H]2C(=O)N(CCCO)C(C(=O)N(CC=C)c3ccc(N(CC)CC)cc3)C23CC[C@]1(C)O3. The van der Waals surface area contributed by atoms with E-state index in [0.717, 1.165) is 18.8 Å². The average Bonchev–Trinajstić information content (AvgIpc) is 3.51. The van der Waals surface area contributed by atoms with Gasteiger partial charge in [0.25, 0.3) is 5.91 Å². The molecule has 1 aromatic carbocycles. The molecule has 5 atom stereocenters. The van der Waals surface area contributed by atoms with Crippen molar-refractivity contribution in [2.45, 2.75) is 57.3 Å². The molecule has 3 aliphatic rings. The maximum Gasteiger partial charge on any atom is 0.253 e. The van der Waals surface area contributed by atoms with Crippen LogP contribution < -0.4 is 9.80 Å². The lowest BCUT2D eigenvalue weighted by molar-refractivity contribution is -0.149. The Morgan fingerprint density at radius 3 is 2.27 bits per heavy atom. The van der Waals surface area contributed by atoms with Gasteiger partial charge < -0.3 is 29.4 Å². The van der Waals surface area contributed by atoms with Gasteiger partial charge in [-0.05, 0) is 64.3 Å². The fraction of sp³-hybridized carbons (Fsp3) is 0.581. The Hall–Kier alpha value is -3.17. The van der Waals surface area contributed by atoms with Crippen LogP contribution in [0.2, 0.25) is 0 Å². The van der Waals surface area contributed by atoms with E-state index in [-0.39, 0.29) is 37.4 Å². The predicted octanol–water partition coefficient (Wildman–Crippen LogP) is 2.84. The van der Waals surface area contributed by atoms with Gasteiger partial charge in [0.1, 0.15) is 11.6 Å². The molecule has 1 N–H and O–H groups in total. The van der Waals surface area contributed by atoms with Crippen molar-refractivity contribution in [2.75, 3.05) is 56.2 Å². The molecule has 9 heteroatoms. The number of aliphatic hydroxyl groups excluding tert-OH is 1. The number of amides is 3. The van der Waals surface area contributed by atoms with Crippen LogP contribution in [0.4, 0.5) is 11.4 Å². The number of benzene rings is 1. The van der Waals surface area contributed by atoms with Crippen molar-refractivity contribution in [3.05, 3.63) is 49.6 Å². The third-order valence-corrected chi connectivity index (χ3v) is 8.98. The molecule has 2 bridgehead atoms. The number of hydrogen-bond donors (Lipinski definition) is 1. The second-order valence-electron chi connectivity index (χ2n) is 11.3. The third-order valence-electron chi connectivity index (χ3n) is 8.98. The van der Waals surface area contributed by atoms with Gasteiger partial charge in [-0.3, -0.25) is 14.4 Å². The Labute approximate surface area is 238 Å². The van der Waals surface area contributed by atoms with Crippen LogP contribution >= 0.6 is 0 Å². The minimum absolute atomic E-state index is 0.117. The Morgan fingerprint density at radius 2 is 1.70 bits per heavy atom.